The van der Waals surface area contributed by atoms with Crippen LogP contribution in [0.25, 0.3) is 16.9 Å². The first-order valence-corrected chi connectivity index (χ1v) is 12.3. The second-order valence-electron chi connectivity index (χ2n) is 8.85. The number of halogens is 1. The van der Waals surface area contributed by atoms with Gasteiger partial charge in [0.2, 0.25) is 0 Å². The third kappa shape index (κ3) is 3.89. The number of para-hydroxylation sites is 1. The lowest BCUT2D eigenvalue weighted by molar-refractivity contribution is 0.0710. The minimum Gasteiger partial charge on any atom is -0.485 e. The summed E-state index contributed by atoms with van der Waals surface area (Å²) in [4.78, 5) is 18.1. The molecule has 5 rings (SSSR count). The summed E-state index contributed by atoms with van der Waals surface area (Å²) < 4.78 is 21.8. The van der Waals surface area contributed by atoms with Crippen LogP contribution in [0.1, 0.15) is 35.3 Å². The van der Waals surface area contributed by atoms with Gasteiger partial charge in [-0.05, 0) is 50.6 Å². The number of rotatable bonds is 5. The van der Waals surface area contributed by atoms with E-state index in [0.717, 1.165) is 16.7 Å². The Labute approximate surface area is 201 Å². The molecule has 4 aromatic rings. The van der Waals surface area contributed by atoms with Crippen LogP contribution in [0.2, 0.25) is 0 Å². The van der Waals surface area contributed by atoms with Gasteiger partial charge in [0.15, 0.2) is 0 Å². The number of ether oxygens (including phenoxy) is 1. The van der Waals surface area contributed by atoms with Crippen molar-refractivity contribution in [3.8, 4) is 17.0 Å². The zero-order valence-electron chi connectivity index (χ0n) is 19.2. The molecule has 2 aromatic heterocycles. The van der Waals surface area contributed by atoms with Gasteiger partial charge in [-0.15, -0.1) is 0 Å². The van der Waals surface area contributed by atoms with Crippen LogP contribution in [0.5, 0.6) is 5.75 Å². The molecule has 0 radical (unpaired) electrons. The van der Waals surface area contributed by atoms with Crippen LogP contribution in [-0.4, -0.2) is 26.0 Å². The maximum Gasteiger partial charge on any atom is 0.261 e. The van der Waals surface area contributed by atoms with Crippen molar-refractivity contribution < 1.29 is 14.2 Å². The molecule has 0 saturated carbocycles. The maximum absolute atomic E-state index is 13.9. The zero-order chi connectivity index (χ0) is 24.0. The molecule has 1 N–H and O–H groups in total. The summed E-state index contributed by atoms with van der Waals surface area (Å²) in [6.07, 6.45) is 1.30. The summed E-state index contributed by atoms with van der Waals surface area (Å²) in [5.74, 6) is 1.48. The Balaban J connectivity index is 1.63. The molecule has 1 saturated heterocycles. The summed E-state index contributed by atoms with van der Waals surface area (Å²) >= 11 is 1.69. The molecule has 1 atom stereocenters. The minimum absolute atomic E-state index is 0.206. The van der Waals surface area contributed by atoms with Crippen molar-refractivity contribution in [1.82, 2.24) is 9.38 Å². The van der Waals surface area contributed by atoms with Crippen molar-refractivity contribution in [3.05, 3.63) is 99.2 Å². The van der Waals surface area contributed by atoms with Gasteiger partial charge in [-0.25, -0.2) is 9.37 Å². The smallest absolute Gasteiger partial charge is 0.261 e. The van der Waals surface area contributed by atoms with E-state index in [-0.39, 0.29) is 11.4 Å². The van der Waals surface area contributed by atoms with E-state index in [1.54, 1.807) is 37.0 Å². The van der Waals surface area contributed by atoms with Crippen LogP contribution in [-0.2, 0) is 5.60 Å². The molecule has 0 amide bonds. The number of thioether (sulfide) groups is 1. The van der Waals surface area contributed by atoms with Gasteiger partial charge in [0.1, 0.15) is 28.9 Å². The molecular weight excluding hydrogens is 451 g/mol. The van der Waals surface area contributed by atoms with E-state index in [2.05, 4.69) is 0 Å². The summed E-state index contributed by atoms with van der Waals surface area (Å²) in [6.45, 7) is 5.52. The molecule has 1 fully saturated rings. The first-order chi connectivity index (χ1) is 16.3. The Hall–Kier alpha value is -3.16. The molecule has 1 unspecified atom stereocenters. The molecule has 0 bridgehead atoms. The number of hydrogen-bond donors (Lipinski definition) is 1. The van der Waals surface area contributed by atoms with Gasteiger partial charge in [-0.2, -0.15) is 11.8 Å². The summed E-state index contributed by atoms with van der Waals surface area (Å²) in [6, 6.07) is 15.6. The van der Waals surface area contributed by atoms with Crippen LogP contribution in [0, 0.1) is 19.7 Å². The van der Waals surface area contributed by atoms with E-state index in [9.17, 15) is 14.3 Å². The molecule has 0 spiro atoms. The molecule has 7 heteroatoms. The second-order valence-corrected chi connectivity index (χ2v) is 9.83. The Morgan fingerprint density at radius 2 is 1.91 bits per heavy atom. The monoisotopic (exact) mass is 476 g/mol. The minimum atomic E-state index is -0.896. The first kappa shape index (κ1) is 22.6. The third-order valence-electron chi connectivity index (χ3n) is 6.22. The summed E-state index contributed by atoms with van der Waals surface area (Å²) in [7, 11) is 0. The number of aliphatic hydroxyl groups is 1. The van der Waals surface area contributed by atoms with E-state index in [0.29, 0.717) is 39.7 Å². The van der Waals surface area contributed by atoms with Gasteiger partial charge in [0.25, 0.3) is 5.56 Å². The van der Waals surface area contributed by atoms with Gasteiger partial charge in [-0.3, -0.25) is 9.20 Å². The molecule has 5 nitrogen and oxygen atoms in total. The largest absolute Gasteiger partial charge is 0.485 e. The highest BCUT2D eigenvalue weighted by molar-refractivity contribution is 8.00. The lowest BCUT2D eigenvalue weighted by Gasteiger charge is -2.37. The molecule has 2 aromatic carbocycles. The number of hydrogen-bond acceptors (Lipinski definition) is 5. The van der Waals surface area contributed by atoms with Gasteiger partial charge >= 0.3 is 0 Å². The Morgan fingerprint density at radius 1 is 1.15 bits per heavy atom. The molecule has 0 aliphatic carbocycles. The Bertz CT molecular complexity index is 1460. The number of nitrogens with zero attached hydrogens (tertiary/aromatic N) is 2. The number of aromatic nitrogens is 2. The fraction of sp³-hybridized carbons (Fsp3) is 0.259. The highest BCUT2D eigenvalue weighted by Gasteiger charge is 2.39. The van der Waals surface area contributed by atoms with Crippen LogP contribution in [0.4, 0.5) is 4.39 Å². The average Bonchev–Trinajstić information content (AvgIpc) is 2.80. The predicted octanol–water partition coefficient (Wildman–Crippen LogP) is 5.19. The van der Waals surface area contributed by atoms with Gasteiger partial charge in [0.05, 0.1) is 5.69 Å². The van der Waals surface area contributed by atoms with Crippen molar-refractivity contribution in [2.45, 2.75) is 32.5 Å². The topological polar surface area (TPSA) is 63.8 Å². The molecule has 1 aliphatic heterocycles. The van der Waals surface area contributed by atoms with E-state index in [1.807, 2.05) is 44.2 Å². The fourth-order valence-corrected chi connectivity index (χ4v) is 5.27. The van der Waals surface area contributed by atoms with Crippen molar-refractivity contribution in [1.29, 1.82) is 0 Å². The Kier molecular flexibility index (Phi) is 5.70. The summed E-state index contributed by atoms with van der Waals surface area (Å²) in [5.41, 5.74) is 3.19. The molecular formula is C27H25FN2O3S. The zero-order valence-corrected chi connectivity index (χ0v) is 20.0. The molecule has 34 heavy (non-hydrogen) atoms. The van der Waals surface area contributed by atoms with Crippen LogP contribution >= 0.6 is 11.8 Å². The summed E-state index contributed by atoms with van der Waals surface area (Å²) in [5, 5.41) is 10.9. The molecule has 3 heterocycles. The third-order valence-corrected chi connectivity index (χ3v) is 7.59. The number of pyridine rings is 1. The Morgan fingerprint density at radius 3 is 2.62 bits per heavy atom. The lowest BCUT2D eigenvalue weighted by Crippen LogP contribution is -2.40. The number of benzene rings is 2. The van der Waals surface area contributed by atoms with Gasteiger partial charge in [0, 0.05) is 40.0 Å². The normalized spacial score (nSPS) is 15.7. The SMILES string of the molecule is Cc1cc(C(C)Oc2ccccc2C2(O)CSC2)c2nc(-c3cccc(F)c3)c(C)c(=O)n2c1. The van der Waals surface area contributed by atoms with E-state index >= 15 is 0 Å². The first-order valence-electron chi connectivity index (χ1n) is 11.1. The van der Waals surface area contributed by atoms with Crippen molar-refractivity contribution >= 4 is 17.4 Å². The average molecular weight is 477 g/mol. The van der Waals surface area contributed by atoms with Gasteiger partial charge in [-0.1, -0.05) is 30.3 Å². The van der Waals surface area contributed by atoms with Crippen molar-refractivity contribution in [3.63, 3.8) is 0 Å². The van der Waals surface area contributed by atoms with Crippen LogP contribution in [0.3, 0.4) is 0 Å². The lowest BCUT2D eigenvalue weighted by atomic mass is 9.96. The number of aryl methyl sites for hydroxylation is 1. The molecule has 174 valence electrons. The number of fused-ring (bicyclic) bond motifs is 1. The highest BCUT2D eigenvalue weighted by atomic mass is 32.2. The quantitative estimate of drug-likeness (QED) is 0.429. The van der Waals surface area contributed by atoms with E-state index < -0.39 is 11.7 Å². The highest BCUT2D eigenvalue weighted by Crippen LogP contribution is 2.43. The van der Waals surface area contributed by atoms with Crippen LogP contribution in [0.15, 0.2) is 65.6 Å². The van der Waals surface area contributed by atoms with Crippen molar-refractivity contribution in [2.75, 3.05) is 11.5 Å². The van der Waals surface area contributed by atoms with Crippen molar-refractivity contribution in [2.24, 2.45) is 0 Å². The standard InChI is InChI=1S/C27H25FN2O3S/c1-16-11-21(18(3)33-23-10-5-4-9-22(23)27(32)14-34-15-27)25-29-24(17(2)26(31)30(25)13-16)19-7-6-8-20(28)12-19/h4-13,18,32H,14-15H2,1-3H3. The maximum atomic E-state index is 13.9. The van der Waals surface area contributed by atoms with Crippen LogP contribution < -0.4 is 10.3 Å². The fourth-order valence-electron chi connectivity index (χ4n) is 4.37. The second kappa shape index (κ2) is 8.56. The van der Waals surface area contributed by atoms with Gasteiger partial charge < -0.3 is 9.84 Å². The molecule has 1 aliphatic rings. The predicted molar refractivity (Wildman–Crippen MR) is 133 cm³/mol. The van der Waals surface area contributed by atoms with E-state index in [4.69, 9.17) is 9.72 Å². The van der Waals surface area contributed by atoms with E-state index in [1.165, 1.54) is 16.5 Å².